The number of carbonyl (C=O) groups excluding carboxylic acids is 1. The van der Waals surface area contributed by atoms with Gasteiger partial charge in [-0.1, -0.05) is 69.7 Å². The van der Waals surface area contributed by atoms with E-state index in [9.17, 15) is 14.7 Å². The molecule has 6 rings (SSSR count). The summed E-state index contributed by atoms with van der Waals surface area (Å²) in [5.41, 5.74) is 2.48. The van der Waals surface area contributed by atoms with Gasteiger partial charge in [0.2, 0.25) is 12.0 Å². The summed E-state index contributed by atoms with van der Waals surface area (Å²) >= 11 is 0. The number of rotatable bonds is 8. The fraction of sp³-hybridized carbons (Fsp3) is 0.457. The zero-order valence-corrected chi connectivity index (χ0v) is 25.7. The summed E-state index contributed by atoms with van der Waals surface area (Å²) in [5.74, 6) is 0.164. The number of pyridine rings is 1. The zero-order chi connectivity index (χ0) is 31.0. The van der Waals surface area contributed by atoms with E-state index < -0.39 is 47.4 Å². The van der Waals surface area contributed by atoms with Crippen molar-refractivity contribution in [1.29, 1.82) is 0 Å². The first-order chi connectivity index (χ1) is 21.2. The molecular formula is C35H41N3O6. The van der Waals surface area contributed by atoms with Crippen LogP contribution in [0.25, 0.3) is 0 Å². The molecule has 0 unspecified atom stereocenters. The molecule has 44 heavy (non-hydrogen) atoms. The number of aromatic nitrogens is 1. The molecule has 3 aromatic rings. The Labute approximate surface area is 258 Å². The molecule has 0 bridgehead atoms. The fourth-order valence-corrected chi connectivity index (χ4v) is 7.05. The predicted molar refractivity (Wildman–Crippen MR) is 165 cm³/mol. The SMILES string of the molecule is COc1ncc(C2CCC2)cc1CN[C@H]1[C@H](C(C)(C)C)[C@@H](C(=O)O)N(C(=O)[C@@H]2COc3ccccc3O2)[C@H]1c1ccccc1. The van der Waals surface area contributed by atoms with Gasteiger partial charge in [0.1, 0.15) is 12.6 Å². The number of carboxylic acids is 1. The number of amides is 1. The van der Waals surface area contributed by atoms with Crippen molar-refractivity contribution in [3.05, 3.63) is 83.6 Å². The van der Waals surface area contributed by atoms with E-state index in [0.717, 1.165) is 24.0 Å². The first-order valence-electron chi connectivity index (χ1n) is 15.4. The molecule has 3 heterocycles. The standard InChI is InChI=1S/C35H41N3O6/c1-35(2,3)28-29(36-19-24-17-23(21-13-10-14-21)18-37-32(24)42-4)30(22-11-6-5-7-12-22)38(31(28)34(40)41)33(39)27-20-43-25-15-8-9-16-26(25)44-27/h5-9,11-12,15-18,21,27-31,36H,10,13-14,19-20H2,1-4H3,(H,40,41)/t27-,28-,29-,30-,31-/m0/s1. The van der Waals surface area contributed by atoms with E-state index in [1.54, 1.807) is 19.2 Å². The Morgan fingerprint density at radius 3 is 2.39 bits per heavy atom. The second-order valence-corrected chi connectivity index (χ2v) is 13.1. The van der Waals surface area contributed by atoms with E-state index >= 15 is 0 Å². The van der Waals surface area contributed by atoms with Crippen molar-refractivity contribution in [3.63, 3.8) is 0 Å². The lowest BCUT2D eigenvalue weighted by Gasteiger charge is -2.36. The third-order valence-electron chi connectivity index (χ3n) is 9.34. The number of carboxylic acid groups (broad SMARTS) is 1. The highest BCUT2D eigenvalue weighted by molar-refractivity contribution is 5.89. The number of hydrogen-bond donors (Lipinski definition) is 2. The van der Waals surface area contributed by atoms with E-state index in [-0.39, 0.29) is 6.61 Å². The second kappa shape index (κ2) is 12.1. The largest absolute Gasteiger partial charge is 0.485 e. The van der Waals surface area contributed by atoms with Gasteiger partial charge in [0.15, 0.2) is 11.5 Å². The van der Waals surface area contributed by atoms with Crippen molar-refractivity contribution in [2.75, 3.05) is 13.7 Å². The van der Waals surface area contributed by atoms with E-state index in [1.165, 1.54) is 16.9 Å². The van der Waals surface area contributed by atoms with Crippen LogP contribution in [-0.4, -0.2) is 58.8 Å². The number of likely N-dealkylation sites (tertiary alicyclic amines) is 1. The topological polar surface area (TPSA) is 110 Å². The van der Waals surface area contributed by atoms with Crippen molar-refractivity contribution < 1.29 is 28.9 Å². The van der Waals surface area contributed by atoms with Crippen molar-refractivity contribution in [2.45, 2.75) is 76.7 Å². The molecular weight excluding hydrogens is 558 g/mol. The second-order valence-electron chi connectivity index (χ2n) is 13.1. The van der Waals surface area contributed by atoms with Crippen LogP contribution in [0.2, 0.25) is 0 Å². The molecule has 2 N–H and O–H groups in total. The van der Waals surface area contributed by atoms with Gasteiger partial charge in [0, 0.05) is 30.3 Å². The number of ether oxygens (including phenoxy) is 3. The Bertz CT molecular complexity index is 1500. The van der Waals surface area contributed by atoms with Crippen LogP contribution in [0.3, 0.4) is 0 Å². The van der Waals surface area contributed by atoms with Crippen LogP contribution in [0.4, 0.5) is 0 Å². The lowest BCUT2D eigenvalue weighted by molar-refractivity contribution is -0.156. The molecule has 0 spiro atoms. The van der Waals surface area contributed by atoms with Crippen LogP contribution in [0.5, 0.6) is 17.4 Å². The van der Waals surface area contributed by atoms with E-state index in [1.807, 2.05) is 69.4 Å². The maximum atomic E-state index is 14.5. The van der Waals surface area contributed by atoms with Gasteiger partial charge in [0.05, 0.1) is 13.2 Å². The third-order valence-corrected chi connectivity index (χ3v) is 9.34. The number of carbonyl (C=O) groups is 2. The van der Waals surface area contributed by atoms with Gasteiger partial charge >= 0.3 is 5.97 Å². The highest BCUT2D eigenvalue weighted by atomic mass is 16.6. The molecule has 232 valence electrons. The molecule has 1 amide bonds. The predicted octanol–water partition coefficient (Wildman–Crippen LogP) is 5.35. The van der Waals surface area contributed by atoms with Gasteiger partial charge in [-0.25, -0.2) is 9.78 Å². The molecule has 1 saturated heterocycles. The van der Waals surface area contributed by atoms with Crippen molar-refractivity contribution >= 4 is 11.9 Å². The van der Waals surface area contributed by atoms with E-state index in [4.69, 9.17) is 14.2 Å². The number of nitrogens with one attached hydrogen (secondary N) is 1. The normalized spacial score (nSPS) is 24.9. The summed E-state index contributed by atoms with van der Waals surface area (Å²) < 4.78 is 17.7. The van der Waals surface area contributed by atoms with Gasteiger partial charge in [-0.3, -0.25) is 4.79 Å². The van der Waals surface area contributed by atoms with Crippen molar-refractivity contribution in [1.82, 2.24) is 15.2 Å². The number of benzene rings is 2. The fourth-order valence-electron chi connectivity index (χ4n) is 7.05. The van der Waals surface area contributed by atoms with E-state index in [0.29, 0.717) is 29.8 Å². The lowest BCUT2D eigenvalue weighted by Crippen LogP contribution is -2.53. The Hall–Kier alpha value is -4.11. The zero-order valence-electron chi connectivity index (χ0n) is 25.7. The average molecular weight is 600 g/mol. The van der Waals surface area contributed by atoms with Gasteiger partial charge in [-0.2, -0.15) is 0 Å². The molecule has 2 fully saturated rings. The van der Waals surface area contributed by atoms with Crippen LogP contribution in [0, 0.1) is 11.3 Å². The first-order valence-corrected chi connectivity index (χ1v) is 15.4. The Balaban J connectivity index is 1.39. The van der Waals surface area contributed by atoms with Crippen LogP contribution >= 0.6 is 0 Å². The minimum atomic E-state index is -1.10. The number of fused-ring (bicyclic) bond motifs is 1. The van der Waals surface area contributed by atoms with Gasteiger partial charge in [0.25, 0.3) is 5.91 Å². The molecule has 1 aromatic heterocycles. The third kappa shape index (κ3) is 5.61. The Morgan fingerprint density at radius 1 is 1.05 bits per heavy atom. The number of nitrogens with zero attached hydrogens (tertiary/aromatic N) is 2. The van der Waals surface area contributed by atoms with Gasteiger partial charge < -0.3 is 29.5 Å². The molecule has 3 aliphatic rings. The molecule has 1 saturated carbocycles. The molecule has 2 aromatic carbocycles. The molecule has 9 heteroatoms. The van der Waals surface area contributed by atoms with Crippen molar-refractivity contribution in [3.8, 4) is 17.4 Å². The van der Waals surface area contributed by atoms with Crippen molar-refractivity contribution in [2.24, 2.45) is 11.3 Å². The highest BCUT2D eigenvalue weighted by Crippen LogP contribution is 2.49. The summed E-state index contributed by atoms with van der Waals surface area (Å²) in [6.45, 7) is 6.51. The van der Waals surface area contributed by atoms with E-state index in [2.05, 4.69) is 16.4 Å². The number of aliphatic carboxylic acids is 1. The summed E-state index contributed by atoms with van der Waals surface area (Å²) in [5, 5.41) is 14.5. The van der Waals surface area contributed by atoms with Crippen LogP contribution in [0.15, 0.2) is 66.9 Å². The number of methoxy groups -OCH3 is 1. The molecule has 2 aliphatic heterocycles. The minimum absolute atomic E-state index is 0.00466. The summed E-state index contributed by atoms with van der Waals surface area (Å²) in [7, 11) is 1.61. The summed E-state index contributed by atoms with van der Waals surface area (Å²) in [6, 6.07) is 16.9. The highest BCUT2D eigenvalue weighted by Gasteiger charge is 2.59. The minimum Gasteiger partial charge on any atom is -0.485 e. The maximum absolute atomic E-state index is 14.5. The van der Waals surface area contributed by atoms with Crippen LogP contribution < -0.4 is 19.5 Å². The molecule has 9 nitrogen and oxygen atoms in total. The Kier molecular flexibility index (Phi) is 8.24. The maximum Gasteiger partial charge on any atom is 0.326 e. The quantitative estimate of drug-likeness (QED) is 0.357. The smallest absolute Gasteiger partial charge is 0.326 e. The number of hydrogen-bond acceptors (Lipinski definition) is 7. The Morgan fingerprint density at radius 2 is 1.75 bits per heavy atom. The molecule has 0 radical (unpaired) electrons. The van der Waals surface area contributed by atoms with Gasteiger partial charge in [-0.05, 0) is 53.5 Å². The summed E-state index contributed by atoms with van der Waals surface area (Å²) in [6.07, 6.45) is 4.44. The van der Waals surface area contributed by atoms with Crippen LogP contribution in [0.1, 0.15) is 68.7 Å². The molecule has 1 aliphatic carbocycles. The number of para-hydroxylation sites is 2. The first kappa shape index (κ1) is 29.9. The summed E-state index contributed by atoms with van der Waals surface area (Å²) in [4.78, 5) is 33.8. The molecule has 5 atom stereocenters. The average Bonchev–Trinajstić information content (AvgIpc) is 3.35. The van der Waals surface area contributed by atoms with Gasteiger partial charge in [-0.15, -0.1) is 0 Å². The lowest BCUT2D eigenvalue weighted by atomic mass is 9.72. The van der Waals surface area contributed by atoms with Crippen LogP contribution in [-0.2, 0) is 16.1 Å². The monoisotopic (exact) mass is 599 g/mol.